The highest BCUT2D eigenvalue weighted by atomic mass is 19.1. The molecule has 0 radical (unpaired) electrons. The normalized spacial score (nSPS) is 22.3. The van der Waals surface area contributed by atoms with Crippen LogP contribution in [0.3, 0.4) is 0 Å². The summed E-state index contributed by atoms with van der Waals surface area (Å²) in [5.41, 5.74) is 0. The van der Waals surface area contributed by atoms with Crippen molar-refractivity contribution in [2.75, 3.05) is 26.3 Å². The third-order valence-electron chi connectivity index (χ3n) is 4.75. The fourth-order valence-electron chi connectivity index (χ4n) is 3.32. The van der Waals surface area contributed by atoms with Crippen molar-refractivity contribution in [2.24, 2.45) is 5.92 Å². The molecule has 1 aromatic rings. The quantitative estimate of drug-likeness (QED) is 0.837. The molecule has 0 spiro atoms. The Balaban J connectivity index is 1.37. The zero-order valence-electron chi connectivity index (χ0n) is 13.4. The van der Waals surface area contributed by atoms with Gasteiger partial charge >= 0.3 is 0 Å². The van der Waals surface area contributed by atoms with Crippen LogP contribution in [0.4, 0.5) is 4.39 Å². The summed E-state index contributed by atoms with van der Waals surface area (Å²) in [7, 11) is 0. The van der Waals surface area contributed by atoms with E-state index in [1.807, 2.05) is 4.90 Å². The van der Waals surface area contributed by atoms with Crippen molar-refractivity contribution in [1.29, 1.82) is 0 Å². The van der Waals surface area contributed by atoms with Crippen molar-refractivity contribution < 1.29 is 18.7 Å². The van der Waals surface area contributed by atoms with Crippen LogP contribution >= 0.6 is 0 Å². The van der Waals surface area contributed by atoms with E-state index < -0.39 is 0 Å². The minimum atomic E-state index is -0.315. The van der Waals surface area contributed by atoms with E-state index in [0.29, 0.717) is 24.9 Å². The Bertz CT molecular complexity index is 523. The Kier molecular flexibility index (Phi) is 5.49. The molecule has 1 atom stereocenters. The van der Waals surface area contributed by atoms with Gasteiger partial charge in [-0.2, -0.15) is 0 Å². The summed E-state index contributed by atoms with van der Waals surface area (Å²) in [5, 5.41) is 0. The summed E-state index contributed by atoms with van der Waals surface area (Å²) in [5.74, 6) is 0.696. The molecule has 3 rings (SSSR count). The summed E-state index contributed by atoms with van der Waals surface area (Å²) in [6.45, 7) is 2.82. The molecule has 0 aliphatic carbocycles. The average Bonchev–Trinajstić information content (AvgIpc) is 3.11. The number of para-hydroxylation sites is 1. The van der Waals surface area contributed by atoms with Crippen LogP contribution in [0.15, 0.2) is 24.3 Å². The van der Waals surface area contributed by atoms with Crippen LogP contribution in [0.25, 0.3) is 0 Å². The lowest BCUT2D eigenvalue weighted by atomic mass is 9.93. The molecule has 1 amide bonds. The number of benzene rings is 1. The van der Waals surface area contributed by atoms with Crippen LogP contribution in [0, 0.1) is 11.7 Å². The van der Waals surface area contributed by atoms with Crippen molar-refractivity contribution in [1.82, 2.24) is 4.90 Å². The van der Waals surface area contributed by atoms with E-state index >= 15 is 0 Å². The predicted octanol–water partition coefficient (Wildman–Crippen LogP) is 3.01. The molecule has 1 unspecified atom stereocenters. The van der Waals surface area contributed by atoms with E-state index in [-0.39, 0.29) is 17.8 Å². The molecule has 2 aliphatic rings. The Morgan fingerprint density at radius 2 is 2.04 bits per heavy atom. The van der Waals surface area contributed by atoms with Crippen LogP contribution in [-0.2, 0) is 9.53 Å². The summed E-state index contributed by atoms with van der Waals surface area (Å²) in [6, 6.07) is 6.49. The number of carbonyl (C=O) groups excluding carboxylic acids is 1. The van der Waals surface area contributed by atoms with Gasteiger partial charge in [0.2, 0.25) is 0 Å². The molecule has 0 N–H and O–H groups in total. The molecular weight excluding hydrogens is 297 g/mol. The molecule has 2 aliphatic heterocycles. The Morgan fingerprint density at radius 1 is 1.26 bits per heavy atom. The third-order valence-corrected chi connectivity index (χ3v) is 4.75. The predicted molar refractivity (Wildman–Crippen MR) is 84.8 cm³/mol. The SMILES string of the molecule is O=C(C1CCCO1)N1CCC(CCOc2ccccc2F)CC1. The lowest BCUT2D eigenvalue weighted by Gasteiger charge is -2.33. The number of rotatable bonds is 5. The molecule has 4 nitrogen and oxygen atoms in total. The van der Waals surface area contributed by atoms with Gasteiger partial charge in [0, 0.05) is 19.7 Å². The smallest absolute Gasteiger partial charge is 0.251 e. The first-order chi connectivity index (χ1) is 11.2. The Labute approximate surface area is 136 Å². The van der Waals surface area contributed by atoms with Crippen LogP contribution in [0.2, 0.25) is 0 Å². The highest BCUT2D eigenvalue weighted by Gasteiger charge is 2.30. The largest absolute Gasteiger partial charge is 0.491 e. The molecule has 2 saturated heterocycles. The molecular formula is C18H24FNO3. The van der Waals surface area contributed by atoms with Gasteiger partial charge in [-0.15, -0.1) is 0 Å². The topological polar surface area (TPSA) is 38.8 Å². The van der Waals surface area contributed by atoms with E-state index in [1.165, 1.54) is 6.07 Å². The van der Waals surface area contributed by atoms with Gasteiger partial charge < -0.3 is 14.4 Å². The number of ether oxygens (including phenoxy) is 2. The third kappa shape index (κ3) is 4.22. The number of nitrogens with zero attached hydrogens (tertiary/aromatic N) is 1. The van der Waals surface area contributed by atoms with Gasteiger partial charge in [0.1, 0.15) is 6.10 Å². The number of hydrogen-bond acceptors (Lipinski definition) is 3. The van der Waals surface area contributed by atoms with Crippen LogP contribution < -0.4 is 4.74 Å². The van der Waals surface area contributed by atoms with E-state index in [9.17, 15) is 9.18 Å². The second kappa shape index (κ2) is 7.77. The number of hydrogen-bond donors (Lipinski definition) is 0. The van der Waals surface area contributed by atoms with Gasteiger partial charge in [-0.25, -0.2) is 4.39 Å². The summed E-state index contributed by atoms with van der Waals surface area (Å²) in [6.07, 6.45) is 4.50. The molecule has 1 aromatic carbocycles. The van der Waals surface area contributed by atoms with Gasteiger partial charge in [0.25, 0.3) is 5.91 Å². The monoisotopic (exact) mass is 321 g/mol. The van der Waals surface area contributed by atoms with Gasteiger partial charge in [0.15, 0.2) is 11.6 Å². The molecule has 126 valence electrons. The summed E-state index contributed by atoms with van der Waals surface area (Å²) in [4.78, 5) is 14.2. The van der Waals surface area contributed by atoms with Crippen molar-refractivity contribution in [3.05, 3.63) is 30.1 Å². The highest BCUT2D eigenvalue weighted by molar-refractivity contribution is 5.81. The first-order valence-electron chi connectivity index (χ1n) is 8.52. The summed E-state index contributed by atoms with van der Waals surface area (Å²) >= 11 is 0. The molecule has 0 aromatic heterocycles. The second-order valence-corrected chi connectivity index (χ2v) is 6.34. The van der Waals surface area contributed by atoms with E-state index in [4.69, 9.17) is 9.47 Å². The maximum atomic E-state index is 13.5. The minimum absolute atomic E-state index is 0.156. The highest BCUT2D eigenvalue weighted by Crippen LogP contribution is 2.24. The first kappa shape index (κ1) is 16.2. The first-order valence-corrected chi connectivity index (χ1v) is 8.52. The van der Waals surface area contributed by atoms with Crippen LogP contribution in [-0.4, -0.2) is 43.2 Å². The van der Waals surface area contributed by atoms with Crippen LogP contribution in [0.5, 0.6) is 5.75 Å². The number of halogens is 1. The van der Waals surface area contributed by atoms with Crippen molar-refractivity contribution in [2.45, 2.75) is 38.2 Å². The molecule has 0 saturated carbocycles. The fraction of sp³-hybridized carbons (Fsp3) is 0.611. The molecule has 2 heterocycles. The van der Waals surface area contributed by atoms with E-state index in [0.717, 1.165) is 45.2 Å². The number of likely N-dealkylation sites (tertiary alicyclic amines) is 1. The van der Waals surface area contributed by atoms with Gasteiger partial charge in [-0.1, -0.05) is 12.1 Å². The van der Waals surface area contributed by atoms with Crippen molar-refractivity contribution >= 4 is 5.91 Å². The molecule has 23 heavy (non-hydrogen) atoms. The second-order valence-electron chi connectivity index (χ2n) is 6.34. The molecule has 0 bridgehead atoms. The lowest BCUT2D eigenvalue weighted by molar-refractivity contribution is -0.142. The maximum Gasteiger partial charge on any atom is 0.251 e. The van der Waals surface area contributed by atoms with Gasteiger partial charge in [-0.05, 0) is 50.2 Å². The summed E-state index contributed by atoms with van der Waals surface area (Å²) < 4.78 is 24.5. The van der Waals surface area contributed by atoms with Gasteiger partial charge in [0.05, 0.1) is 6.61 Å². The fourth-order valence-corrected chi connectivity index (χ4v) is 3.32. The number of piperidine rings is 1. The zero-order valence-corrected chi connectivity index (χ0v) is 13.4. The Hall–Kier alpha value is -1.62. The maximum absolute atomic E-state index is 13.5. The van der Waals surface area contributed by atoms with Crippen molar-refractivity contribution in [3.8, 4) is 5.75 Å². The molecule has 2 fully saturated rings. The lowest BCUT2D eigenvalue weighted by Crippen LogP contribution is -2.43. The number of carbonyl (C=O) groups is 1. The zero-order chi connectivity index (χ0) is 16.1. The average molecular weight is 321 g/mol. The number of amides is 1. The standard InChI is InChI=1S/C18H24FNO3/c19-15-4-1-2-5-16(15)23-13-9-14-7-10-20(11-8-14)18(21)17-6-3-12-22-17/h1-2,4-5,14,17H,3,6-13H2. The Morgan fingerprint density at radius 3 is 2.74 bits per heavy atom. The molecule has 5 heteroatoms. The van der Waals surface area contributed by atoms with Crippen molar-refractivity contribution in [3.63, 3.8) is 0 Å². The van der Waals surface area contributed by atoms with E-state index in [1.54, 1.807) is 18.2 Å². The minimum Gasteiger partial charge on any atom is -0.491 e. The van der Waals surface area contributed by atoms with Gasteiger partial charge in [-0.3, -0.25) is 4.79 Å². The van der Waals surface area contributed by atoms with E-state index in [2.05, 4.69) is 0 Å². The van der Waals surface area contributed by atoms with Crippen LogP contribution in [0.1, 0.15) is 32.1 Å².